The molecule has 5 heteroatoms. The number of nitrogens with zero attached hydrogens (tertiary/aromatic N) is 2. The third kappa shape index (κ3) is 7.41. The zero-order valence-corrected chi connectivity index (χ0v) is 10.9. The van der Waals surface area contributed by atoms with Crippen molar-refractivity contribution in [2.24, 2.45) is 0 Å². The molecule has 16 heavy (non-hydrogen) atoms. The molecule has 4 nitrogen and oxygen atoms in total. The van der Waals surface area contributed by atoms with Crippen LogP contribution in [0.3, 0.4) is 0 Å². The second kappa shape index (κ2) is 9.34. The van der Waals surface area contributed by atoms with Crippen LogP contribution in [0.1, 0.15) is 32.6 Å². The smallest absolute Gasteiger partial charge is 0.223 e. The lowest BCUT2D eigenvalue weighted by Crippen LogP contribution is -2.28. The van der Waals surface area contributed by atoms with Crippen LogP contribution in [0.2, 0.25) is 0 Å². The van der Waals surface area contributed by atoms with E-state index in [1.807, 2.05) is 6.07 Å². The van der Waals surface area contributed by atoms with Crippen molar-refractivity contribution in [2.45, 2.75) is 32.6 Å². The highest BCUT2D eigenvalue weighted by atomic mass is 32.2. The Kier molecular flexibility index (Phi) is 8.82. The van der Waals surface area contributed by atoms with E-state index in [1.54, 1.807) is 7.05 Å². The summed E-state index contributed by atoms with van der Waals surface area (Å²) in [6.07, 6.45) is 2.65. The number of unbranched alkanes of at least 4 members (excludes halogenated alkanes) is 1. The first kappa shape index (κ1) is 15.1. The molecule has 0 heterocycles. The third-order valence-corrected chi connectivity index (χ3v) is 3.66. The Balaban J connectivity index is 3.71. The molecule has 0 saturated heterocycles. The summed E-state index contributed by atoms with van der Waals surface area (Å²) in [5, 5.41) is 8.38. The SMILES string of the molecule is CCCCS(=O)CCC(=O)N(C)CCC#N. The Morgan fingerprint density at radius 1 is 1.44 bits per heavy atom. The highest BCUT2D eigenvalue weighted by Crippen LogP contribution is 1.98. The first-order chi connectivity index (χ1) is 7.61. The summed E-state index contributed by atoms with van der Waals surface area (Å²) < 4.78 is 11.4. The Hall–Kier alpha value is -0.890. The van der Waals surface area contributed by atoms with Gasteiger partial charge in [0.2, 0.25) is 5.91 Å². The van der Waals surface area contributed by atoms with Gasteiger partial charge in [0.05, 0.1) is 12.5 Å². The average Bonchev–Trinajstić information content (AvgIpc) is 2.30. The minimum atomic E-state index is -0.875. The monoisotopic (exact) mass is 244 g/mol. The Morgan fingerprint density at radius 2 is 2.12 bits per heavy atom. The largest absolute Gasteiger partial charge is 0.345 e. The third-order valence-electron chi connectivity index (χ3n) is 2.25. The minimum Gasteiger partial charge on any atom is -0.345 e. The molecule has 0 N–H and O–H groups in total. The van der Waals surface area contributed by atoms with Crippen LogP contribution in [0.25, 0.3) is 0 Å². The summed E-state index contributed by atoms with van der Waals surface area (Å²) in [6, 6.07) is 1.99. The van der Waals surface area contributed by atoms with Crippen molar-refractivity contribution in [3.63, 3.8) is 0 Å². The highest BCUT2D eigenvalue weighted by Gasteiger charge is 2.09. The molecule has 0 aliphatic carbocycles. The molecule has 92 valence electrons. The fourth-order valence-electron chi connectivity index (χ4n) is 1.14. The van der Waals surface area contributed by atoms with Crippen molar-refractivity contribution in [3.05, 3.63) is 0 Å². The van der Waals surface area contributed by atoms with Gasteiger partial charge in [-0.3, -0.25) is 9.00 Å². The number of amides is 1. The zero-order valence-electron chi connectivity index (χ0n) is 10.1. The lowest BCUT2D eigenvalue weighted by atomic mass is 10.3. The number of carbonyl (C=O) groups is 1. The van der Waals surface area contributed by atoms with E-state index in [0.29, 0.717) is 30.9 Å². The van der Waals surface area contributed by atoms with Crippen molar-refractivity contribution in [3.8, 4) is 6.07 Å². The predicted octanol–water partition coefficient (Wildman–Crippen LogP) is 1.30. The van der Waals surface area contributed by atoms with Crippen LogP contribution in [-0.2, 0) is 15.6 Å². The van der Waals surface area contributed by atoms with Gasteiger partial charge < -0.3 is 4.90 Å². The number of hydrogen-bond acceptors (Lipinski definition) is 3. The van der Waals surface area contributed by atoms with E-state index in [4.69, 9.17) is 5.26 Å². The number of rotatable bonds is 8. The van der Waals surface area contributed by atoms with Gasteiger partial charge in [0.1, 0.15) is 0 Å². The summed E-state index contributed by atoms with van der Waals surface area (Å²) in [6.45, 7) is 2.51. The molecule has 0 aliphatic heterocycles. The van der Waals surface area contributed by atoms with Gasteiger partial charge in [0.25, 0.3) is 0 Å². The molecule has 0 aromatic heterocycles. The quantitative estimate of drug-likeness (QED) is 0.646. The van der Waals surface area contributed by atoms with E-state index in [0.717, 1.165) is 12.8 Å². The van der Waals surface area contributed by atoms with Gasteiger partial charge in [-0.05, 0) is 6.42 Å². The molecule has 0 aromatic carbocycles. The Morgan fingerprint density at radius 3 is 2.69 bits per heavy atom. The predicted molar refractivity (Wildman–Crippen MR) is 65.3 cm³/mol. The number of nitriles is 1. The Labute approximate surface area is 100 Å². The fraction of sp³-hybridized carbons (Fsp3) is 0.818. The first-order valence-corrected chi connectivity index (χ1v) is 7.06. The van der Waals surface area contributed by atoms with Crippen molar-refractivity contribution in [2.75, 3.05) is 25.1 Å². The van der Waals surface area contributed by atoms with Crippen LogP contribution >= 0.6 is 0 Å². The summed E-state index contributed by atoms with van der Waals surface area (Å²) in [7, 11) is 0.800. The summed E-state index contributed by atoms with van der Waals surface area (Å²) in [4.78, 5) is 13.0. The summed E-state index contributed by atoms with van der Waals surface area (Å²) in [5.74, 6) is 1.10. The van der Waals surface area contributed by atoms with Crippen molar-refractivity contribution in [1.29, 1.82) is 5.26 Å². The van der Waals surface area contributed by atoms with Crippen LogP contribution in [0.15, 0.2) is 0 Å². The van der Waals surface area contributed by atoms with Crippen molar-refractivity contribution >= 4 is 16.7 Å². The highest BCUT2D eigenvalue weighted by molar-refractivity contribution is 7.84. The molecule has 1 atom stereocenters. The number of hydrogen-bond donors (Lipinski definition) is 0. The summed E-state index contributed by atoms with van der Waals surface area (Å²) >= 11 is 0. The van der Waals surface area contributed by atoms with Crippen molar-refractivity contribution < 1.29 is 9.00 Å². The lowest BCUT2D eigenvalue weighted by molar-refractivity contribution is -0.129. The van der Waals surface area contributed by atoms with Crippen LogP contribution < -0.4 is 0 Å². The Bertz CT molecular complexity index is 274. The average molecular weight is 244 g/mol. The van der Waals surface area contributed by atoms with E-state index in [1.165, 1.54) is 4.90 Å². The standard InChI is InChI=1S/C11H20N2O2S/c1-3-4-9-16(15)10-6-11(14)13(2)8-5-7-12/h3-6,8-10H2,1-2H3. The van der Waals surface area contributed by atoms with E-state index in [-0.39, 0.29) is 5.91 Å². The second-order valence-electron chi connectivity index (χ2n) is 3.68. The van der Waals surface area contributed by atoms with E-state index < -0.39 is 10.8 Å². The molecule has 1 unspecified atom stereocenters. The molecule has 0 aromatic rings. The number of carbonyl (C=O) groups excluding carboxylic acids is 1. The topological polar surface area (TPSA) is 61.2 Å². The zero-order chi connectivity index (χ0) is 12.4. The molecule has 0 rings (SSSR count). The molecule has 1 amide bonds. The van der Waals surface area contributed by atoms with Gasteiger partial charge in [-0.25, -0.2) is 0 Å². The van der Waals surface area contributed by atoms with Gasteiger partial charge in [0.15, 0.2) is 0 Å². The minimum absolute atomic E-state index is 0.0277. The molecule has 0 saturated carbocycles. The molecule has 0 radical (unpaired) electrons. The molecule has 0 spiro atoms. The van der Waals surface area contributed by atoms with Crippen molar-refractivity contribution in [1.82, 2.24) is 4.90 Å². The maximum Gasteiger partial charge on any atom is 0.223 e. The van der Waals surface area contributed by atoms with Crippen LogP contribution in [0.5, 0.6) is 0 Å². The van der Waals surface area contributed by atoms with E-state index in [2.05, 4.69) is 6.92 Å². The van der Waals surface area contributed by atoms with Gasteiger partial charge in [-0.1, -0.05) is 13.3 Å². The lowest BCUT2D eigenvalue weighted by Gasteiger charge is -2.14. The maximum absolute atomic E-state index is 11.5. The van der Waals surface area contributed by atoms with Gasteiger partial charge in [-0.2, -0.15) is 5.26 Å². The second-order valence-corrected chi connectivity index (χ2v) is 5.37. The van der Waals surface area contributed by atoms with Crippen LogP contribution in [0.4, 0.5) is 0 Å². The fourth-order valence-corrected chi connectivity index (χ4v) is 2.36. The van der Waals surface area contributed by atoms with E-state index >= 15 is 0 Å². The molecule has 0 bridgehead atoms. The molecule has 0 fully saturated rings. The van der Waals surface area contributed by atoms with Gasteiger partial charge >= 0.3 is 0 Å². The van der Waals surface area contributed by atoms with E-state index in [9.17, 15) is 9.00 Å². The summed E-state index contributed by atoms with van der Waals surface area (Å²) in [5.41, 5.74) is 0. The van der Waals surface area contributed by atoms with Gasteiger partial charge in [0, 0.05) is 42.3 Å². The first-order valence-electron chi connectivity index (χ1n) is 5.57. The maximum atomic E-state index is 11.5. The molecular formula is C11H20N2O2S. The molecular weight excluding hydrogens is 224 g/mol. The van der Waals surface area contributed by atoms with Crippen LogP contribution in [-0.4, -0.2) is 40.1 Å². The normalized spacial score (nSPS) is 11.8. The van der Waals surface area contributed by atoms with Crippen LogP contribution in [0, 0.1) is 11.3 Å². The van der Waals surface area contributed by atoms with Gasteiger partial charge in [-0.15, -0.1) is 0 Å². The molecule has 0 aliphatic rings.